The summed E-state index contributed by atoms with van der Waals surface area (Å²) in [7, 11) is 0. The number of aliphatic carboxylic acids is 1. The zero-order chi connectivity index (χ0) is 15.6. The second-order valence-electron chi connectivity index (χ2n) is 5.63. The van der Waals surface area contributed by atoms with Crippen molar-refractivity contribution in [3.63, 3.8) is 0 Å². The Morgan fingerprint density at radius 2 is 2.00 bits per heavy atom. The number of carbonyl (C=O) groups excluding carboxylic acids is 1. The summed E-state index contributed by atoms with van der Waals surface area (Å²) < 4.78 is 0. The summed E-state index contributed by atoms with van der Waals surface area (Å²) in [5, 5.41) is 13.6. The van der Waals surface area contributed by atoms with Crippen molar-refractivity contribution in [1.29, 1.82) is 0 Å². The van der Waals surface area contributed by atoms with E-state index >= 15 is 0 Å². The van der Waals surface area contributed by atoms with Crippen molar-refractivity contribution < 1.29 is 14.7 Å². The highest BCUT2D eigenvalue weighted by atomic mass is 32.1. The van der Waals surface area contributed by atoms with E-state index in [4.69, 9.17) is 0 Å². The van der Waals surface area contributed by atoms with Gasteiger partial charge >= 0.3 is 5.97 Å². The molecule has 114 valence electrons. The molecule has 0 bridgehead atoms. The van der Waals surface area contributed by atoms with Crippen LogP contribution in [0, 0.1) is 0 Å². The summed E-state index contributed by atoms with van der Waals surface area (Å²) in [5.74, 6) is -0.859. The van der Waals surface area contributed by atoms with E-state index in [1.54, 1.807) is 16.2 Å². The monoisotopic (exact) mass is 315 g/mol. The van der Waals surface area contributed by atoms with Crippen LogP contribution in [0.5, 0.6) is 0 Å². The smallest absolute Gasteiger partial charge is 0.316 e. The van der Waals surface area contributed by atoms with Crippen LogP contribution in [0.25, 0.3) is 0 Å². The average molecular weight is 315 g/mol. The average Bonchev–Trinajstić information content (AvgIpc) is 3.18. The van der Waals surface area contributed by atoms with E-state index in [1.165, 1.54) is 0 Å². The summed E-state index contributed by atoms with van der Waals surface area (Å²) in [6.45, 7) is 0.736. The first kappa shape index (κ1) is 14.8. The van der Waals surface area contributed by atoms with Gasteiger partial charge < -0.3 is 10.0 Å². The highest BCUT2D eigenvalue weighted by molar-refractivity contribution is 7.08. The van der Waals surface area contributed by atoms with Crippen LogP contribution in [-0.2, 0) is 21.4 Å². The van der Waals surface area contributed by atoms with E-state index in [9.17, 15) is 14.7 Å². The van der Waals surface area contributed by atoms with Crippen LogP contribution < -0.4 is 0 Å². The molecule has 22 heavy (non-hydrogen) atoms. The van der Waals surface area contributed by atoms with Crippen molar-refractivity contribution in [2.45, 2.75) is 18.3 Å². The molecule has 1 aliphatic rings. The molecule has 1 fully saturated rings. The molecule has 1 saturated heterocycles. The molecule has 0 radical (unpaired) electrons. The highest BCUT2D eigenvalue weighted by Gasteiger charge is 2.47. The summed E-state index contributed by atoms with van der Waals surface area (Å²) in [6, 6.07) is 11.2. The second kappa shape index (κ2) is 5.93. The first-order valence-corrected chi connectivity index (χ1v) is 8.14. The van der Waals surface area contributed by atoms with Crippen molar-refractivity contribution in [1.82, 2.24) is 4.90 Å². The predicted molar refractivity (Wildman–Crippen MR) is 85.0 cm³/mol. The maximum Gasteiger partial charge on any atom is 0.316 e. The number of thiophene rings is 1. The van der Waals surface area contributed by atoms with Gasteiger partial charge in [0, 0.05) is 13.1 Å². The SMILES string of the molecule is O=C(Cc1ccsc1)N1CCC(C(=O)O)(c2ccccc2)C1. The fraction of sp³-hybridized carbons (Fsp3) is 0.294. The van der Waals surface area contributed by atoms with Crippen LogP contribution in [0.2, 0.25) is 0 Å². The molecule has 0 spiro atoms. The Kier molecular flexibility index (Phi) is 3.98. The minimum absolute atomic E-state index is 0.00236. The van der Waals surface area contributed by atoms with Crippen LogP contribution >= 0.6 is 11.3 Å². The Hall–Kier alpha value is -2.14. The van der Waals surface area contributed by atoms with E-state index in [0.717, 1.165) is 11.1 Å². The first-order chi connectivity index (χ1) is 10.6. The van der Waals surface area contributed by atoms with E-state index in [1.807, 2.05) is 47.2 Å². The van der Waals surface area contributed by atoms with Gasteiger partial charge in [0.25, 0.3) is 0 Å². The van der Waals surface area contributed by atoms with Crippen LogP contribution in [0.4, 0.5) is 0 Å². The van der Waals surface area contributed by atoms with Gasteiger partial charge in [-0.25, -0.2) is 0 Å². The van der Waals surface area contributed by atoms with Crippen LogP contribution in [-0.4, -0.2) is 35.0 Å². The predicted octanol–water partition coefficient (Wildman–Crippen LogP) is 2.55. The normalized spacial score (nSPS) is 21.0. The van der Waals surface area contributed by atoms with E-state index < -0.39 is 11.4 Å². The number of amides is 1. The third-order valence-electron chi connectivity index (χ3n) is 4.29. The number of hydrogen-bond donors (Lipinski definition) is 1. The van der Waals surface area contributed by atoms with Gasteiger partial charge in [-0.2, -0.15) is 11.3 Å². The molecule has 2 heterocycles. The highest BCUT2D eigenvalue weighted by Crippen LogP contribution is 2.35. The second-order valence-corrected chi connectivity index (χ2v) is 6.41. The zero-order valence-corrected chi connectivity index (χ0v) is 12.9. The first-order valence-electron chi connectivity index (χ1n) is 7.19. The molecule has 2 aromatic rings. The van der Waals surface area contributed by atoms with E-state index in [-0.39, 0.29) is 12.5 Å². The molecule has 5 heteroatoms. The third-order valence-corrected chi connectivity index (χ3v) is 5.03. The van der Waals surface area contributed by atoms with Gasteiger partial charge in [-0.15, -0.1) is 0 Å². The maximum absolute atomic E-state index is 12.4. The van der Waals surface area contributed by atoms with Crippen molar-refractivity contribution in [2.75, 3.05) is 13.1 Å². The lowest BCUT2D eigenvalue weighted by atomic mass is 9.80. The molecule has 1 atom stereocenters. The number of carboxylic acids is 1. The minimum Gasteiger partial charge on any atom is -0.481 e. The van der Waals surface area contributed by atoms with Crippen molar-refractivity contribution in [3.8, 4) is 0 Å². The van der Waals surface area contributed by atoms with Gasteiger partial charge in [-0.3, -0.25) is 9.59 Å². The third kappa shape index (κ3) is 2.64. The minimum atomic E-state index is -0.981. The van der Waals surface area contributed by atoms with Gasteiger partial charge in [0.1, 0.15) is 5.41 Å². The van der Waals surface area contributed by atoms with Crippen molar-refractivity contribution >= 4 is 23.2 Å². The lowest BCUT2D eigenvalue weighted by molar-refractivity contribution is -0.143. The number of carboxylic acid groups (broad SMARTS) is 1. The van der Waals surface area contributed by atoms with Gasteiger partial charge in [-0.1, -0.05) is 30.3 Å². The van der Waals surface area contributed by atoms with E-state index in [2.05, 4.69) is 0 Å². The topological polar surface area (TPSA) is 57.6 Å². The Morgan fingerprint density at radius 1 is 1.23 bits per heavy atom. The van der Waals surface area contributed by atoms with Gasteiger partial charge in [-0.05, 0) is 34.4 Å². The molecule has 3 rings (SSSR count). The number of rotatable bonds is 4. The standard InChI is InChI=1S/C17H17NO3S/c19-15(10-13-6-9-22-11-13)18-8-7-17(12-18,16(20)21)14-4-2-1-3-5-14/h1-6,9,11H,7-8,10,12H2,(H,20,21). The summed E-state index contributed by atoms with van der Waals surface area (Å²) >= 11 is 1.56. The summed E-state index contributed by atoms with van der Waals surface area (Å²) in [6.07, 6.45) is 0.801. The quantitative estimate of drug-likeness (QED) is 0.943. The van der Waals surface area contributed by atoms with E-state index in [0.29, 0.717) is 19.4 Å². The largest absolute Gasteiger partial charge is 0.481 e. The summed E-state index contributed by atoms with van der Waals surface area (Å²) in [4.78, 5) is 25.9. The molecular weight excluding hydrogens is 298 g/mol. The molecular formula is C17H17NO3S. The molecule has 4 nitrogen and oxygen atoms in total. The molecule has 1 aliphatic heterocycles. The molecule has 0 saturated carbocycles. The molecule has 0 aliphatic carbocycles. The Bertz CT molecular complexity index is 668. The molecule has 1 amide bonds. The number of nitrogens with zero attached hydrogens (tertiary/aromatic N) is 1. The summed E-state index contributed by atoms with van der Waals surface area (Å²) in [5.41, 5.74) is 0.779. The van der Waals surface area contributed by atoms with Gasteiger partial charge in [0.05, 0.1) is 6.42 Å². The lowest BCUT2D eigenvalue weighted by Crippen LogP contribution is -2.40. The van der Waals surface area contributed by atoms with Crippen molar-refractivity contribution in [3.05, 3.63) is 58.3 Å². The molecule has 1 N–H and O–H groups in total. The van der Waals surface area contributed by atoms with Gasteiger partial charge in [0.15, 0.2) is 0 Å². The van der Waals surface area contributed by atoms with Gasteiger partial charge in [0.2, 0.25) is 5.91 Å². The van der Waals surface area contributed by atoms with Crippen LogP contribution in [0.15, 0.2) is 47.2 Å². The van der Waals surface area contributed by atoms with Crippen molar-refractivity contribution in [2.24, 2.45) is 0 Å². The van der Waals surface area contributed by atoms with Crippen LogP contribution in [0.3, 0.4) is 0 Å². The molecule has 1 unspecified atom stereocenters. The molecule has 1 aromatic heterocycles. The fourth-order valence-electron chi connectivity index (χ4n) is 2.99. The Labute approximate surface area is 133 Å². The fourth-order valence-corrected chi connectivity index (χ4v) is 3.66. The number of likely N-dealkylation sites (tertiary alicyclic amines) is 1. The maximum atomic E-state index is 12.4. The lowest BCUT2D eigenvalue weighted by Gasteiger charge is -2.25. The Morgan fingerprint density at radius 3 is 2.64 bits per heavy atom. The molecule has 1 aromatic carbocycles. The number of benzene rings is 1. The number of hydrogen-bond acceptors (Lipinski definition) is 3. The number of carbonyl (C=O) groups is 2. The van der Waals surface area contributed by atoms with Crippen LogP contribution in [0.1, 0.15) is 17.5 Å². The Balaban J connectivity index is 1.79. The zero-order valence-electron chi connectivity index (χ0n) is 12.1.